The highest BCUT2D eigenvalue weighted by molar-refractivity contribution is 7.13. The SMILES string of the molecule is Cc1csc(NC(=O)c2nc(C)ccc2Nc2cccnc2C)n1. The number of hydrogen-bond acceptors (Lipinski definition) is 6. The summed E-state index contributed by atoms with van der Waals surface area (Å²) in [6.07, 6.45) is 1.73. The predicted molar refractivity (Wildman–Crippen MR) is 96.0 cm³/mol. The molecule has 0 aliphatic heterocycles. The monoisotopic (exact) mass is 339 g/mol. The van der Waals surface area contributed by atoms with Gasteiger partial charge in [0.15, 0.2) is 10.8 Å². The maximum Gasteiger partial charge on any atom is 0.278 e. The Balaban J connectivity index is 1.90. The number of nitrogens with zero attached hydrogens (tertiary/aromatic N) is 3. The van der Waals surface area contributed by atoms with Crippen molar-refractivity contribution in [3.8, 4) is 0 Å². The van der Waals surface area contributed by atoms with Gasteiger partial charge in [0.1, 0.15) is 0 Å². The summed E-state index contributed by atoms with van der Waals surface area (Å²) in [5, 5.41) is 8.48. The fourth-order valence-corrected chi connectivity index (χ4v) is 2.84. The molecule has 0 aromatic carbocycles. The highest BCUT2D eigenvalue weighted by atomic mass is 32.1. The van der Waals surface area contributed by atoms with Gasteiger partial charge in [-0.05, 0) is 45.0 Å². The van der Waals surface area contributed by atoms with Crippen molar-refractivity contribution in [2.75, 3.05) is 10.6 Å². The summed E-state index contributed by atoms with van der Waals surface area (Å²) in [6, 6.07) is 7.46. The zero-order valence-electron chi connectivity index (χ0n) is 13.6. The van der Waals surface area contributed by atoms with Gasteiger partial charge in [-0.25, -0.2) is 9.97 Å². The smallest absolute Gasteiger partial charge is 0.278 e. The van der Waals surface area contributed by atoms with E-state index >= 15 is 0 Å². The molecular formula is C17H17N5OS. The summed E-state index contributed by atoms with van der Waals surface area (Å²) in [5.41, 5.74) is 4.27. The normalized spacial score (nSPS) is 10.5. The summed E-state index contributed by atoms with van der Waals surface area (Å²) < 4.78 is 0. The Morgan fingerprint density at radius 1 is 1.04 bits per heavy atom. The first kappa shape index (κ1) is 16.1. The number of hydrogen-bond donors (Lipinski definition) is 2. The largest absolute Gasteiger partial charge is 0.352 e. The van der Waals surface area contributed by atoms with Gasteiger partial charge in [0, 0.05) is 17.3 Å². The molecule has 122 valence electrons. The van der Waals surface area contributed by atoms with Gasteiger partial charge in [-0.1, -0.05) is 0 Å². The zero-order chi connectivity index (χ0) is 17.1. The highest BCUT2D eigenvalue weighted by Crippen LogP contribution is 2.23. The van der Waals surface area contributed by atoms with Crippen LogP contribution in [-0.4, -0.2) is 20.9 Å². The van der Waals surface area contributed by atoms with Crippen LogP contribution in [-0.2, 0) is 0 Å². The molecule has 3 aromatic heterocycles. The minimum Gasteiger partial charge on any atom is -0.352 e. The second-order valence-corrected chi connectivity index (χ2v) is 6.22. The lowest BCUT2D eigenvalue weighted by atomic mass is 10.2. The third kappa shape index (κ3) is 3.57. The quantitative estimate of drug-likeness (QED) is 0.754. The maximum atomic E-state index is 12.6. The van der Waals surface area contributed by atoms with Gasteiger partial charge < -0.3 is 5.32 Å². The van der Waals surface area contributed by atoms with E-state index < -0.39 is 0 Å². The van der Waals surface area contributed by atoms with Crippen molar-refractivity contribution in [2.24, 2.45) is 0 Å². The van der Waals surface area contributed by atoms with Crippen LogP contribution in [0.4, 0.5) is 16.5 Å². The van der Waals surface area contributed by atoms with Crippen molar-refractivity contribution in [3.05, 3.63) is 58.6 Å². The van der Waals surface area contributed by atoms with E-state index in [-0.39, 0.29) is 5.91 Å². The van der Waals surface area contributed by atoms with E-state index in [2.05, 4.69) is 25.6 Å². The number of anilines is 3. The molecule has 3 rings (SSSR count). The Bertz CT molecular complexity index is 890. The number of aromatic nitrogens is 3. The molecule has 3 aromatic rings. The standard InChI is InChI=1S/C17H17N5OS/c1-10-6-7-14(21-13-5-4-8-18-12(13)3)15(19-10)16(23)22-17-20-11(2)9-24-17/h4-9,21H,1-3H3,(H,20,22,23). The minimum atomic E-state index is -0.294. The molecule has 0 unspecified atom stereocenters. The van der Waals surface area contributed by atoms with Crippen molar-refractivity contribution < 1.29 is 4.79 Å². The van der Waals surface area contributed by atoms with Gasteiger partial charge in [-0.3, -0.25) is 15.1 Å². The number of aryl methyl sites for hydroxylation is 3. The maximum absolute atomic E-state index is 12.6. The van der Waals surface area contributed by atoms with Crippen LogP contribution in [0, 0.1) is 20.8 Å². The Hall–Kier alpha value is -2.80. The van der Waals surface area contributed by atoms with Crippen molar-refractivity contribution in [2.45, 2.75) is 20.8 Å². The van der Waals surface area contributed by atoms with Gasteiger partial charge in [-0.2, -0.15) is 0 Å². The molecular weight excluding hydrogens is 322 g/mol. The van der Waals surface area contributed by atoms with E-state index in [1.807, 2.05) is 50.4 Å². The van der Waals surface area contributed by atoms with Gasteiger partial charge in [0.25, 0.3) is 5.91 Å². The fraction of sp³-hybridized carbons (Fsp3) is 0.176. The molecule has 0 bridgehead atoms. The van der Waals surface area contributed by atoms with Gasteiger partial charge >= 0.3 is 0 Å². The molecule has 0 fully saturated rings. The Morgan fingerprint density at radius 2 is 1.88 bits per heavy atom. The van der Waals surface area contributed by atoms with E-state index in [0.717, 1.165) is 22.8 Å². The van der Waals surface area contributed by atoms with Gasteiger partial charge in [-0.15, -0.1) is 11.3 Å². The average molecular weight is 339 g/mol. The van der Waals surface area contributed by atoms with Crippen LogP contribution in [0.5, 0.6) is 0 Å². The second-order valence-electron chi connectivity index (χ2n) is 5.36. The molecule has 24 heavy (non-hydrogen) atoms. The number of amides is 1. The molecule has 7 heteroatoms. The third-order valence-electron chi connectivity index (χ3n) is 3.37. The van der Waals surface area contributed by atoms with Crippen LogP contribution in [0.15, 0.2) is 35.8 Å². The lowest BCUT2D eigenvalue weighted by Gasteiger charge is -2.12. The van der Waals surface area contributed by atoms with E-state index in [0.29, 0.717) is 16.5 Å². The fourth-order valence-electron chi connectivity index (χ4n) is 2.16. The van der Waals surface area contributed by atoms with Crippen molar-refractivity contribution in [3.63, 3.8) is 0 Å². The van der Waals surface area contributed by atoms with Gasteiger partial charge in [0.05, 0.1) is 22.8 Å². The van der Waals surface area contributed by atoms with Crippen LogP contribution in [0.25, 0.3) is 0 Å². The molecule has 0 aliphatic carbocycles. The number of carbonyl (C=O) groups excluding carboxylic acids is 1. The molecule has 2 N–H and O–H groups in total. The van der Waals surface area contributed by atoms with Crippen molar-refractivity contribution >= 4 is 33.8 Å². The number of thiazole rings is 1. The molecule has 1 amide bonds. The van der Waals surface area contributed by atoms with Crippen molar-refractivity contribution in [1.29, 1.82) is 0 Å². The van der Waals surface area contributed by atoms with Crippen LogP contribution in [0.1, 0.15) is 27.6 Å². The molecule has 6 nitrogen and oxygen atoms in total. The Labute approximate surface area is 144 Å². The van der Waals surface area contributed by atoms with Crippen LogP contribution < -0.4 is 10.6 Å². The topological polar surface area (TPSA) is 79.8 Å². The van der Waals surface area contributed by atoms with Crippen LogP contribution in [0.2, 0.25) is 0 Å². The van der Waals surface area contributed by atoms with Gasteiger partial charge in [0.2, 0.25) is 0 Å². The third-order valence-corrected chi connectivity index (χ3v) is 4.24. The molecule has 0 spiro atoms. The zero-order valence-corrected chi connectivity index (χ0v) is 14.4. The molecule has 0 atom stereocenters. The molecule has 0 radical (unpaired) electrons. The lowest BCUT2D eigenvalue weighted by Crippen LogP contribution is -2.16. The highest BCUT2D eigenvalue weighted by Gasteiger charge is 2.16. The summed E-state index contributed by atoms with van der Waals surface area (Å²) in [4.78, 5) is 25.5. The first-order valence-electron chi connectivity index (χ1n) is 7.42. The number of pyridine rings is 2. The number of carbonyl (C=O) groups is 1. The summed E-state index contributed by atoms with van der Waals surface area (Å²) in [5.74, 6) is -0.294. The van der Waals surface area contributed by atoms with E-state index in [1.54, 1.807) is 6.20 Å². The first-order chi connectivity index (χ1) is 11.5. The van der Waals surface area contributed by atoms with Crippen LogP contribution >= 0.6 is 11.3 Å². The number of rotatable bonds is 4. The summed E-state index contributed by atoms with van der Waals surface area (Å²) in [6.45, 7) is 5.64. The first-order valence-corrected chi connectivity index (χ1v) is 8.30. The van der Waals surface area contributed by atoms with E-state index in [4.69, 9.17) is 0 Å². The van der Waals surface area contributed by atoms with Crippen LogP contribution in [0.3, 0.4) is 0 Å². The Morgan fingerprint density at radius 3 is 2.58 bits per heavy atom. The molecule has 0 saturated heterocycles. The van der Waals surface area contributed by atoms with E-state index in [9.17, 15) is 4.79 Å². The predicted octanol–water partition coefficient (Wildman–Crippen LogP) is 3.85. The summed E-state index contributed by atoms with van der Waals surface area (Å²) >= 11 is 1.39. The number of nitrogens with one attached hydrogen (secondary N) is 2. The van der Waals surface area contributed by atoms with E-state index in [1.165, 1.54) is 11.3 Å². The molecule has 0 saturated carbocycles. The van der Waals surface area contributed by atoms with Crippen molar-refractivity contribution in [1.82, 2.24) is 15.0 Å². The summed E-state index contributed by atoms with van der Waals surface area (Å²) in [7, 11) is 0. The lowest BCUT2D eigenvalue weighted by molar-refractivity contribution is 0.102. The molecule has 0 aliphatic rings. The minimum absolute atomic E-state index is 0.294. The average Bonchev–Trinajstić information content (AvgIpc) is 2.96. The second kappa shape index (κ2) is 6.76. The Kier molecular flexibility index (Phi) is 4.52. The molecule has 3 heterocycles.